The van der Waals surface area contributed by atoms with Crippen LogP contribution >= 0.6 is 11.8 Å². The number of carbonyl (C=O) groups is 2. The molecule has 0 N–H and O–H groups in total. The third kappa shape index (κ3) is 4.84. The third-order valence-corrected chi connectivity index (χ3v) is 12.6. The summed E-state index contributed by atoms with van der Waals surface area (Å²) in [7, 11) is -1.95. The fraction of sp³-hybridized carbons (Fsp3) is 0.826. The molecule has 0 radical (unpaired) electrons. The van der Waals surface area contributed by atoms with Gasteiger partial charge in [-0.25, -0.2) is 0 Å². The second-order valence-corrected chi connectivity index (χ2v) is 17.3. The zero-order valence-electron chi connectivity index (χ0n) is 19.3. The van der Waals surface area contributed by atoms with Gasteiger partial charge in [0.25, 0.3) is 0 Å². The zero-order valence-corrected chi connectivity index (χ0v) is 21.2. The van der Waals surface area contributed by atoms with E-state index in [0.29, 0.717) is 11.8 Å². The normalized spacial score (nSPS) is 33.3. The fourth-order valence-corrected chi connectivity index (χ4v) is 6.39. The standard InChI is InChI=1S/C23H40O3SSi/c1-10-27-19(24)12-11-16-13-22(5,6)14-17(16)23(7)15-18(20(23)25)26-28(8,9)21(2,3)4/h11-12,16-18H,10,13-15H2,1-9H3/b12-11+/t16-,17+,18+,23-/m1/s1. The summed E-state index contributed by atoms with van der Waals surface area (Å²) >= 11 is 1.34. The highest BCUT2D eigenvalue weighted by molar-refractivity contribution is 8.14. The van der Waals surface area contributed by atoms with Crippen LogP contribution in [0.25, 0.3) is 0 Å². The second-order valence-electron chi connectivity index (χ2n) is 11.3. The molecule has 0 aromatic rings. The van der Waals surface area contributed by atoms with Crippen molar-refractivity contribution in [2.24, 2.45) is 22.7 Å². The predicted octanol–water partition coefficient (Wildman–Crippen LogP) is 6.24. The van der Waals surface area contributed by atoms with E-state index in [1.54, 1.807) is 6.08 Å². The molecule has 0 bridgehead atoms. The van der Waals surface area contributed by atoms with Crippen LogP contribution in [0.5, 0.6) is 0 Å². The molecule has 0 spiro atoms. The molecule has 2 aliphatic rings. The Morgan fingerprint density at radius 1 is 1.21 bits per heavy atom. The van der Waals surface area contributed by atoms with Crippen molar-refractivity contribution in [3.05, 3.63) is 12.2 Å². The number of allylic oxidation sites excluding steroid dienone is 1. The first-order chi connectivity index (χ1) is 12.6. The highest BCUT2D eigenvalue weighted by Gasteiger charge is 2.60. The molecular formula is C23H40O3SSi. The molecule has 2 fully saturated rings. The molecule has 0 amide bonds. The van der Waals surface area contributed by atoms with E-state index in [-0.39, 0.29) is 32.9 Å². The summed E-state index contributed by atoms with van der Waals surface area (Å²) in [5, 5.41) is 0.229. The van der Waals surface area contributed by atoms with Gasteiger partial charge in [0.05, 0.1) is 0 Å². The van der Waals surface area contributed by atoms with Crippen LogP contribution in [0.4, 0.5) is 0 Å². The average Bonchev–Trinajstić information content (AvgIpc) is 2.86. The molecule has 0 unspecified atom stereocenters. The van der Waals surface area contributed by atoms with E-state index in [2.05, 4.69) is 60.7 Å². The maximum Gasteiger partial charge on any atom is 0.211 e. The summed E-state index contributed by atoms with van der Waals surface area (Å²) in [6, 6.07) is 0. The average molecular weight is 425 g/mol. The molecule has 28 heavy (non-hydrogen) atoms. The largest absolute Gasteiger partial charge is 0.407 e. The van der Waals surface area contributed by atoms with Gasteiger partial charge in [-0.3, -0.25) is 9.59 Å². The van der Waals surface area contributed by atoms with Crippen LogP contribution in [0.2, 0.25) is 18.1 Å². The zero-order chi connectivity index (χ0) is 21.5. The van der Waals surface area contributed by atoms with E-state index in [4.69, 9.17) is 4.43 Å². The summed E-state index contributed by atoms with van der Waals surface area (Å²) in [6.45, 7) is 19.8. The number of hydrogen-bond donors (Lipinski definition) is 0. The van der Waals surface area contributed by atoms with E-state index in [9.17, 15) is 9.59 Å². The van der Waals surface area contributed by atoms with Gasteiger partial charge in [-0.2, -0.15) is 0 Å². The van der Waals surface area contributed by atoms with Crippen LogP contribution in [0.1, 0.15) is 67.7 Å². The Balaban J connectivity index is 2.14. The number of Topliss-reactive ketones (excluding diaryl/α,β-unsaturated/α-hetero) is 1. The lowest BCUT2D eigenvalue weighted by Gasteiger charge is -2.52. The molecule has 5 heteroatoms. The van der Waals surface area contributed by atoms with Gasteiger partial charge in [0.1, 0.15) is 6.10 Å². The first-order valence-electron chi connectivity index (χ1n) is 10.7. The lowest BCUT2D eigenvalue weighted by molar-refractivity contribution is -0.158. The summed E-state index contributed by atoms with van der Waals surface area (Å²) < 4.78 is 6.44. The van der Waals surface area contributed by atoms with Crippen molar-refractivity contribution >= 4 is 31.0 Å². The highest BCUT2D eigenvalue weighted by Crippen LogP contribution is 2.59. The Kier molecular flexibility index (Phi) is 6.85. The minimum absolute atomic E-state index is 0.108. The third-order valence-electron chi connectivity index (χ3n) is 7.37. The van der Waals surface area contributed by atoms with Gasteiger partial charge in [0.15, 0.2) is 14.1 Å². The minimum Gasteiger partial charge on any atom is -0.407 e. The molecule has 0 aromatic heterocycles. The quantitative estimate of drug-likeness (QED) is 0.374. The Morgan fingerprint density at radius 3 is 2.32 bits per heavy atom. The fourth-order valence-electron chi connectivity index (χ4n) is 4.68. The smallest absolute Gasteiger partial charge is 0.211 e. The van der Waals surface area contributed by atoms with Crippen LogP contribution in [-0.4, -0.2) is 31.1 Å². The maximum atomic E-state index is 13.3. The summed E-state index contributed by atoms with van der Waals surface area (Å²) in [5.74, 6) is 1.67. The lowest BCUT2D eigenvalue weighted by Crippen LogP contribution is -2.60. The number of hydrogen-bond acceptors (Lipinski definition) is 4. The number of thioether (sulfide) groups is 1. The van der Waals surface area contributed by atoms with Crippen LogP contribution in [0.3, 0.4) is 0 Å². The van der Waals surface area contributed by atoms with Crippen molar-refractivity contribution in [3.8, 4) is 0 Å². The molecule has 160 valence electrons. The Labute approximate surface area is 177 Å². The Hall–Kier alpha value is -0.393. The Morgan fingerprint density at radius 2 is 1.82 bits per heavy atom. The van der Waals surface area contributed by atoms with Gasteiger partial charge in [-0.05, 0) is 66.5 Å². The molecule has 0 aromatic carbocycles. The van der Waals surface area contributed by atoms with Crippen molar-refractivity contribution < 1.29 is 14.0 Å². The summed E-state index contributed by atoms with van der Waals surface area (Å²) in [4.78, 5) is 25.2. The highest BCUT2D eigenvalue weighted by atomic mass is 32.2. The number of ketones is 1. The van der Waals surface area contributed by atoms with Crippen LogP contribution < -0.4 is 0 Å². The number of rotatable bonds is 6. The van der Waals surface area contributed by atoms with Gasteiger partial charge in [-0.15, -0.1) is 0 Å². The summed E-state index contributed by atoms with van der Waals surface area (Å²) in [5.41, 5.74) is -0.119. The van der Waals surface area contributed by atoms with E-state index in [1.165, 1.54) is 11.8 Å². The first-order valence-corrected chi connectivity index (χ1v) is 14.6. The van der Waals surface area contributed by atoms with Crippen molar-refractivity contribution in [1.82, 2.24) is 0 Å². The molecule has 2 rings (SSSR count). The van der Waals surface area contributed by atoms with Crippen LogP contribution in [-0.2, 0) is 14.0 Å². The monoisotopic (exact) mass is 424 g/mol. The predicted molar refractivity (Wildman–Crippen MR) is 122 cm³/mol. The van der Waals surface area contributed by atoms with Gasteiger partial charge < -0.3 is 4.43 Å². The van der Waals surface area contributed by atoms with Crippen molar-refractivity contribution in [1.29, 1.82) is 0 Å². The molecule has 2 aliphatic carbocycles. The van der Waals surface area contributed by atoms with E-state index >= 15 is 0 Å². The lowest BCUT2D eigenvalue weighted by atomic mass is 9.57. The minimum atomic E-state index is -1.95. The SMILES string of the molecule is CCSC(=O)/C=C/[C@@H]1CC(C)(C)C[C@@H]1[C@@]1(C)C[C@H](O[Si](C)(C)C(C)(C)C)C1=O. The molecule has 0 saturated heterocycles. The second kappa shape index (κ2) is 8.03. The van der Waals surface area contributed by atoms with E-state index < -0.39 is 8.32 Å². The molecular weight excluding hydrogens is 384 g/mol. The molecule has 3 nitrogen and oxygen atoms in total. The van der Waals surface area contributed by atoms with Gasteiger partial charge >= 0.3 is 0 Å². The molecule has 4 atom stereocenters. The Bertz CT molecular complexity index is 647. The topological polar surface area (TPSA) is 43.4 Å². The maximum absolute atomic E-state index is 13.3. The van der Waals surface area contributed by atoms with Gasteiger partial charge in [-0.1, -0.05) is 66.3 Å². The number of carbonyl (C=O) groups excluding carboxylic acids is 2. The van der Waals surface area contributed by atoms with Crippen molar-refractivity contribution in [3.63, 3.8) is 0 Å². The van der Waals surface area contributed by atoms with Crippen LogP contribution in [0, 0.1) is 22.7 Å². The van der Waals surface area contributed by atoms with E-state index in [0.717, 1.165) is 25.0 Å². The van der Waals surface area contributed by atoms with Gasteiger partial charge in [0, 0.05) is 5.41 Å². The van der Waals surface area contributed by atoms with E-state index in [1.807, 2.05) is 6.92 Å². The van der Waals surface area contributed by atoms with Crippen molar-refractivity contribution in [2.75, 3.05) is 5.75 Å². The van der Waals surface area contributed by atoms with Crippen LogP contribution in [0.15, 0.2) is 12.2 Å². The molecule has 0 aliphatic heterocycles. The molecule has 0 heterocycles. The van der Waals surface area contributed by atoms with Crippen molar-refractivity contribution in [2.45, 2.75) is 92.0 Å². The summed E-state index contributed by atoms with van der Waals surface area (Å²) in [6.07, 6.45) is 6.48. The first kappa shape index (κ1) is 23.9. The molecule has 2 saturated carbocycles. The van der Waals surface area contributed by atoms with Gasteiger partial charge in [0.2, 0.25) is 5.12 Å².